The van der Waals surface area contributed by atoms with Crippen LogP contribution >= 0.6 is 0 Å². The van der Waals surface area contributed by atoms with Crippen LogP contribution in [0, 0.1) is 0 Å². The van der Waals surface area contributed by atoms with Crippen molar-refractivity contribution >= 4 is 5.91 Å². The van der Waals surface area contributed by atoms with Crippen LogP contribution in [0.3, 0.4) is 0 Å². The van der Waals surface area contributed by atoms with E-state index in [1.165, 1.54) is 17.5 Å². The SMILES string of the molecule is O=C(NC1CCc2ccccc21)c1ccc(-c2cncnc2)nc1. The highest BCUT2D eigenvalue weighted by molar-refractivity contribution is 5.94. The molecule has 0 aliphatic heterocycles. The van der Waals surface area contributed by atoms with E-state index in [1.807, 2.05) is 18.2 Å². The van der Waals surface area contributed by atoms with Gasteiger partial charge in [-0.3, -0.25) is 9.78 Å². The molecule has 3 aromatic rings. The number of amides is 1. The molecule has 1 aromatic carbocycles. The molecule has 0 spiro atoms. The Morgan fingerprint density at radius 1 is 1.04 bits per heavy atom. The van der Waals surface area contributed by atoms with Gasteiger partial charge < -0.3 is 5.32 Å². The molecule has 0 saturated carbocycles. The van der Waals surface area contributed by atoms with E-state index in [1.54, 1.807) is 24.7 Å². The molecule has 1 N–H and O–H groups in total. The van der Waals surface area contributed by atoms with E-state index in [0.29, 0.717) is 5.56 Å². The molecule has 0 saturated heterocycles. The summed E-state index contributed by atoms with van der Waals surface area (Å²) in [6.45, 7) is 0. The first-order valence-corrected chi connectivity index (χ1v) is 7.91. The average molecular weight is 316 g/mol. The first-order chi connectivity index (χ1) is 11.8. The van der Waals surface area contributed by atoms with Crippen molar-refractivity contribution in [3.8, 4) is 11.3 Å². The molecule has 2 aromatic heterocycles. The Labute approximate surface area is 139 Å². The second kappa shape index (κ2) is 6.20. The fourth-order valence-corrected chi connectivity index (χ4v) is 3.08. The van der Waals surface area contributed by atoms with Gasteiger partial charge in [-0.05, 0) is 36.1 Å². The van der Waals surface area contributed by atoms with Crippen molar-refractivity contribution in [2.45, 2.75) is 18.9 Å². The number of nitrogens with zero attached hydrogens (tertiary/aromatic N) is 3. The standard InChI is InChI=1S/C19H16N4O/c24-19(23-18-8-5-13-3-1-2-4-16(13)18)14-6-7-17(22-11-14)15-9-20-12-21-10-15/h1-4,6-7,9-12,18H,5,8H2,(H,23,24). The summed E-state index contributed by atoms with van der Waals surface area (Å²) in [5.41, 5.74) is 4.67. The molecule has 0 bridgehead atoms. The van der Waals surface area contributed by atoms with E-state index in [4.69, 9.17) is 0 Å². The number of hydrogen-bond donors (Lipinski definition) is 1. The molecular formula is C19H16N4O. The van der Waals surface area contributed by atoms with Gasteiger partial charge in [0.2, 0.25) is 0 Å². The normalized spacial score (nSPS) is 15.8. The van der Waals surface area contributed by atoms with Crippen LogP contribution in [0.4, 0.5) is 0 Å². The van der Waals surface area contributed by atoms with Crippen LogP contribution in [0.15, 0.2) is 61.3 Å². The maximum Gasteiger partial charge on any atom is 0.253 e. The maximum atomic E-state index is 12.5. The van der Waals surface area contributed by atoms with Crippen molar-refractivity contribution in [1.82, 2.24) is 20.3 Å². The number of aryl methyl sites for hydroxylation is 1. The van der Waals surface area contributed by atoms with Crippen LogP contribution in [0.2, 0.25) is 0 Å². The first kappa shape index (κ1) is 14.5. The Morgan fingerprint density at radius 2 is 1.88 bits per heavy atom. The molecule has 1 aliphatic rings. The van der Waals surface area contributed by atoms with Crippen molar-refractivity contribution in [1.29, 1.82) is 0 Å². The molecule has 5 nitrogen and oxygen atoms in total. The highest BCUT2D eigenvalue weighted by Crippen LogP contribution is 2.30. The van der Waals surface area contributed by atoms with Gasteiger partial charge in [-0.25, -0.2) is 9.97 Å². The molecule has 5 heteroatoms. The predicted molar refractivity (Wildman–Crippen MR) is 90.2 cm³/mol. The number of nitrogens with one attached hydrogen (secondary N) is 1. The summed E-state index contributed by atoms with van der Waals surface area (Å²) < 4.78 is 0. The van der Waals surface area contributed by atoms with Gasteiger partial charge in [-0.15, -0.1) is 0 Å². The lowest BCUT2D eigenvalue weighted by atomic mass is 10.1. The van der Waals surface area contributed by atoms with Crippen molar-refractivity contribution in [2.24, 2.45) is 0 Å². The summed E-state index contributed by atoms with van der Waals surface area (Å²) in [5.74, 6) is -0.0972. The Bertz CT molecular complexity index is 862. The number of carbonyl (C=O) groups excluding carboxylic acids is 1. The molecular weight excluding hydrogens is 300 g/mol. The summed E-state index contributed by atoms with van der Waals surface area (Å²) in [6.07, 6.45) is 8.42. The van der Waals surface area contributed by atoms with Crippen LogP contribution in [-0.4, -0.2) is 20.9 Å². The van der Waals surface area contributed by atoms with E-state index in [0.717, 1.165) is 24.1 Å². The van der Waals surface area contributed by atoms with Crippen molar-refractivity contribution in [2.75, 3.05) is 0 Å². The van der Waals surface area contributed by atoms with E-state index in [-0.39, 0.29) is 11.9 Å². The largest absolute Gasteiger partial charge is 0.345 e. The van der Waals surface area contributed by atoms with Gasteiger partial charge in [0, 0.05) is 24.2 Å². The van der Waals surface area contributed by atoms with Crippen molar-refractivity contribution in [3.05, 3.63) is 78.0 Å². The minimum Gasteiger partial charge on any atom is -0.345 e. The zero-order valence-electron chi connectivity index (χ0n) is 13.0. The van der Waals surface area contributed by atoms with Crippen LogP contribution in [0.5, 0.6) is 0 Å². The molecule has 1 atom stereocenters. The fraction of sp³-hybridized carbons (Fsp3) is 0.158. The van der Waals surface area contributed by atoms with Crippen LogP contribution < -0.4 is 5.32 Å². The molecule has 1 amide bonds. The molecule has 2 heterocycles. The Balaban J connectivity index is 1.50. The van der Waals surface area contributed by atoms with E-state index >= 15 is 0 Å². The van der Waals surface area contributed by atoms with Gasteiger partial charge in [0.1, 0.15) is 6.33 Å². The molecule has 0 fully saturated rings. The maximum absolute atomic E-state index is 12.5. The number of pyridine rings is 1. The Kier molecular flexibility index (Phi) is 3.75. The second-order valence-electron chi connectivity index (χ2n) is 5.82. The minimum atomic E-state index is -0.0972. The zero-order valence-corrected chi connectivity index (χ0v) is 13.0. The van der Waals surface area contributed by atoms with Gasteiger partial charge in [0.25, 0.3) is 5.91 Å². The zero-order chi connectivity index (χ0) is 16.4. The summed E-state index contributed by atoms with van der Waals surface area (Å²) in [6, 6.07) is 11.9. The van der Waals surface area contributed by atoms with E-state index in [2.05, 4.69) is 32.4 Å². The highest BCUT2D eigenvalue weighted by atomic mass is 16.1. The quantitative estimate of drug-likeness (QED) is 0.806. The lowest BCUT2D eigenvalue weighted by Crippen LogP contribution is -2.27. The van der Waals surface area contributed by atoms with Crippen LogP contribution in [0.25, 0.3) is 11.3 Å². The van der Waals surface area contributed by atoms with E-state index in [9.17, 15) is 4.79 Å². The van der Waals surface area contributed by atoms with Gasteiger partial charge >= 0.3 is 0 Å². The van der Waals surface area contributed by atoms with Crippen LogP contribution in [-0.2, 0) is 6.42 Å². The number of aromatic nitrogens is 3. The fourth-order valence-electron chi connectivity index (χ4n) is 3.08. The van der Waals surface area contributed by atoms with Gasteiger partial charge in [0.05, 0.1) is 17.3 Å². The van der Waals surface area contributed by atoms with Gasteiger partial charge in [0.15, 0.2) is 0 Å². The Hall–Kier alpha value is -3.08. The summed E-state index contributed by atoms with van der Waals surface area (Å²) >= 11 is 0. The number of benzene rings is 1. The first-order valence-electron chi connectivity index (χ1n) is 7.91. The third-order valence-corrected chi connectivity index (χ3v) is 4.32. The molecule has 118 valence electrons. The smallest absolute Gasteiger partial charge is 0.253 e. The van der Waals surface area contributed by atoms with E-state index < -0.39 is 0 Å². The third-order valence-electron chi connectivity index (χ3n) is 4.32. The molecule has 1 unspecified atom stereocenters. The predicted octanol–water partition coefficient (Wildman–Crippen LogP) is 2.96. The van der Waals surface area contributed by atoms with Gasteiger partial charge in [-0.2, -0.15) is 0 Å². The summed E-state index contributed by atoms with van der Waals surface area (Å²) in [5, 5.41) is 3.11. The van der Waals surface area contributed by atoms with Crippen molar-refractivity contribution < 1.29 is 4.79 Å². The number of rotatable bonds is 3. The van der Waals surface area contributed by atoms with Crippen LogP contribution in [0.1, 0.15) is 33.9 Å². The summed E-state index contributed by atoms with van der Waals surface area (Å²) in [7, 11) is 0. The lowest BCUT2D eigenvalue weighted by Gasteiger charge is -2.14. The molecule has 24 heavy (non-hydrogen) atoms. The minimum absolute atomic E-state index is 0.0795. The molecule has 0 radical (unpaired) electrons. The lowest BCUT2D eigenvalue weighted by molar-refractivity contribution is 0.0936. The number of hydrogen-bond acceptors (Lipinski definition) is 4. The summed E-state index contributed by atoms with van der Waals surface area (Å²) in [4.78, 5) is 24.8. The number of carbonyl (C=O) groups is 1. The molecule has 1 aliphatic carbocycles. The second-order valence-corrected chi connectivity index (χ2v) is 5.82. The third kappa shape index (κ3) is 2.76. The topological polar surface area (TPSA) is 67.8 Å². The highest BCUT2D eigenvalue weighted by Gasteiger charge is 2.23. The van der Waals surface area contributed by atoms with Crippen molar-refractivity contribution in [3.63, 3.8) is 0 Å². The number of fused-ring (bicyclic) bond motifs is 1. The monoisotopic (exact) mass is 316 g/mol. The van der Waals surface area contributed by atoms with Gasteiger partial charge in [-0.1, -0.05) is 24.3 Å². The Morgan fingerprint density at radius 3 is 2.67 bits per heavy atom. The average Bonchev–Trinajstić information content (AvgIpc) is 3.06. The molecule has 4 rings (SSSR count).